The Labute approximate surface area is 122 Å². The summed E-state index contributed by atoms with van der Waals surface area (Å²) in [5.74, 6) is 0. The molecule has 1 aromatic carbocycles. The Kier molecular flexibility index (Phi) is 6.39. The molecular weight excluding hydrogens is 272 g/mol. The first-order valence-corrected chi connectivity index (χ1v) is 8.22. The summed E-state index contributed by atoms with van der Waals surface area (Å²) in [7, 11) is -1.85. The Hall–Kier alpha value is -1.17. The lowest BCUT2D eigenvalue weighted by atomic mass is 10.1. The summed E-state index contributed by atoms with van der Waals surface area (Å²) < 4.78 is 25.9. The van der Waals surface area contributed by atoms with Crippen LogP contribution in [-0.2, 0) is 16.4 Å². The van der Waals surface area contributed by atoms with Crippen LogP contribution in [0.5, 0.6) is 0 Å². The van der Waals surface area contributed by atoms with E-state index < -0.39 is 10.0 Å². The van der Waals surface area contributed by atoms with Gasteiger partial charge >= 0.3 is 0 Å². The van der Waals surface area contributed by atoms with Crippen LogP contribution >= 0.6 is 0 Å². The molecule has 0 aromatic heterocycles. The maximum Gasteiger partial charge on any atom is 0.243 e. The molecule has 5 heteroatoms. The third kappa shape index (κ3) is 4.74. The molecular formula is C15H24N2O2S. The van der Waals surface area contributed by atoms with Crippen molar-refractivity contribution in [3.05, 3.63) is 42.0 Å². The van der Waals surface area contributed by atoms with Gasteiger partial charge in [-0.2, -0.15) is 4.31 Å². The average molecular weight is 296 g/mol. The molecule has 0 fully saturated rings. The highest BCUT2D eigenvalue weighted by Gasteiger charge is 2.20. The molecule has 0 radical (unpaired) electrons. The maximum atomic E-state index is 12.3. The predicted molar refractivity (Wildman–Crippen MR) is 83.3 cm³/mol. The van der Waals surface area contributed by atoms with E-state index in [0.717, 1.165) is 30.6 Å². The van der Waals surface area contributed by atoms with E-state index in [0.29, 0.717) is 11.4 Å². The van der Waals surface area contributed by atoms with Crippen LogP contribution in [0.2, 0.25) is 0 Å². The molecule has 0 spiro atoms. The summed E-state index contributed by atoms with van der Waals surface area (Å²) >= 11 is 0. The molecule has 1 N–H and O–H groups in total. The first kappa shape index (κ1) is 16.9. The molecule has 0 saturated heterocycles. The van der Waals surface area contributed by atoms with Crippen molar-refractivity contribution in [2.45, 2.75) is 25.2 Å². The number of nitrogens with one attached hydrogen (secondary N) is 1. The van der Waals surface area contributed by atoms with Crippen molar-refractivity contribution in [1.29, 1.82) is 0 Å². The summed E-state index contributed by atoms with van der Waals surface area (Å²) in [6.07, 6.45) is 0.899. The van der Waals surface area contributed by atoms with Crippen LogP contribution in [0.3, 0.4) is 0 Å². The second-order valence-corrected chi connectivity index (χ2v) is 7.01. The fraction of sp³-hybridized carbons (Fsp3) is 0.467. The van der Waals surface area contributed by atoms with Crippen molar-refractivity contribution < 1.29 is 8.42 Å². The zero-order chi connectivity index (χ0) is 15.2. The molecule has 4 nitrogen and oxygen atoms in total. The fourth-order valence-electron chi connectivity index (χ4n) is 1.88. The van der Waals surface area contributed by atoms with Gasteiger partial charge in [0.2, 0.25) is 10.0 Å². The van der Waals surface area contributed by atoms with Gasteiger partial charge in [-0.25, -0.2) is 8.42 Å². The minimum Gasteiger partial charge on any atom is -0.317 e. The quantitative estimate of drug-likeness (QED) is 0.590. The normalized spacial score (nSPS) is 11.8. The summed E-state index contributed by atoms with van der Waals surface area (Å²) in [5.41, 5.74) is 1.95. The Morgan fingerprint density at radius 3 is 2.40 bits per heavy atom. The molecule has 1 aromatic rings. The van der Waals surface area contributed by atoms with Gasteiger partial charge in [-0.3, -0.25) is 0 Å². The molecule has 0 unspecified atom stereocenters. The van der Waals surface area contributed by atoms with Gasteiger partial charge in [-0.1, -0.05) is 31.2 Å². The Bertz CT molecular complexity index is 535. The summed E-state index contributed by atoms with van der Waals surface area (Å²) in [5, 5.41) is 3.25. The van der Waals surface area contributed by atoms with Gasteiger partial charge in [-0.05, 0) is 44.1 Å². The molecule has 0 saturated carbocycles. The Morgan fingerprint density at radius 1 is 1.30 bits per heavy atom. The standard InChI is InChI=1S/C15H24N2O2S/c1-5-16-11-10-14-6-8-15(9-7-14)20(18,19)17(4)12-13(2)3/h6-9,16H,2,5,10-12H2,1,3-4H3. The maximum absolute atomic E-state index is 12.3. The smallest absolute Gasteiger partial charge is 0.243 e. The van der Waals surface area contributed by atoms with Crippen molar-refractivity contribution in [1.82, 2.24) is 9.62 Å². The van der Waals surface area contributed by atoms with Gasteiger partial charge in [0.25, 0.3) is 0 Å². The van der Waals surface area contributed by atoms with Gasteiger partial charge < -0.3 is 5.32 Å². The molecule has 0 amide bonds. The molecule has 20 heavy (non-hydrogen) atoms. The number of likely N-dealkylation sites (N-methyl/N-ethyl adjacent to an activating group) is 2. The third-order valence-electron chi connectivity index (χ3n) is 2.96. The fourth-order valence-corrected chi connectivity index (χ4v) is 3.11. The van der Waals surface area contributed by atoms with Crippen LogP contribution in [0.1, 0.15) is 19.4 Å². The molecule has 0 aliphatic rings. The van der Waals surface area contributed by atoms with E-state index in [4.69, 9.17) is 0 Å². The van der Waals surface area contributed by atoms with Crippen LogP contribution in [0.4, 0.5) is 0 Å². The molecule has 0 atom stereocenters. The zero-order valence-electron chi connectivity index (χ0n) is 12.5. The van der Waals surface area contributed by atoms with E-state index in [1.807, 2.05) is 19.1 Å². The molecule has 1 rings (SSSR count). The second-order valence-electron chi connectivity index (χ2n) is 4.97. The van der Waals surface area contributed by atoms with Crippen molar-refractivity contribution in [3.8, 4) is 0 Å². The van der Waals surface area contributed by atoms with Crippen LogP contribution in [-0.4, -0.2) is 39.4 Å². The van der Waals surface area contributed by atoms with Gasteiger partial charge in [-0.15, -0.1) is 0 Å². The van der Waals surface area contributed by atoms with E-state index >= 15 is 0 Å². The van der Waals surface area contributed by atoms with Crippen molar-refractivity contribution >= 4 is 10.0 Å². The summed E-state index contributed by atoms with van der Waals surface area (Å²) in [6, 6.07) is 7.09. The average Bonchev–Trinajstić information content (AvgIpc) is 2.39. The van der Waals surface area contributed by atoms with Crippen LogP contribution < -0.4 is 5.32 Å². The lowest BCUT2D eigenvalue weighted by Gasteiger charge is -2.17. The topological polar surface area (TPSA) is 49.4 Å². The third-order valence-corrected chi connectivity index (χ3v) is 4.78. The molecule has 0 bridgehead atoms. The highest BCUT2D eigenvalue weighted by atomic mass is 32.2. The molecule has 0 heterocycles. The highest BCUT2D eigenvalue weighted by Crippen LogP contribution is 2.16. The van der Waals surface area contributed by atoms with Crippen LogP contribution in [0.15, 0.2) is 41.3 Å². The highest BCUT2D eigenvalue weighted by molar-refractivity contribution is 7.89. The largest absolute Gasteiger partial charge is 0.317 e. The van der Waals surface area contributed by atoms with Gasteiger partial charge in [0.05, 0.1) is 4.90 Å². The number of benzene rings is 1. The van der Waals surface area contributed by atoms with E-state index in [-0.39, 0.29) is 0 Å². The molecule has 112 valence electrons. The SMILES string of the molecule is C=C(C)CN(C)S(=O)(=O)c1ccc(CCNCC)cc1. The molecule has 0 aliphatic carbocycles. The number of sulfonamides is 1. The predicted octanol–water partition coefficient (Wildman–Crippen LogP) is 2.04. The zero-order valence-corrected chi connectivity index (χ0v) is 13.3. The number of rotatable bonds is 8. The van der Waals surface area contributed by atoms with Gasteiger partial charge in [0.1, 0.15) is 0 Å². The lowest BCUT2D eigenvalue weighted by Crippen LogP contribution is -2.28. The summed E-state index contributed by atoms with van der Waals surface area (Å²) in [4.78, 5) is 0.327. The van der Waals surface area contributed by atoms with Crippen molar-refractivity contribution in [2.75, 3.05) is 26.7 Å². The number of nitrogens with zero attached hydrogens (tertiary/aromatic N) is 1. The van der Waals surface area contributed by atoms with Crippen LogP contribution in [0, 0.1) is 0 Å². The van der Waals surface area contributed by atoms with E-state index in [9.17, 15) is 8.42 Å². The minimum atomic E-state index is -3.42. The lowest BCUT2D eigenvalue weighted by molar-refractivity contribution is 0.493. The number of hydrogen-bond acceptors (Lipinski definition) is 3. The summed E-state index contributed by atoms with van der Waals surface area (Å²) in [6.45, 7) is 9.80. The van der Waals surface area contributed by atoms with E-state index in [1.54, 1.807) is 19.2 Å². The monoisotopic (exact) mass is 296 g/mol. The Balaban J connectivity index is 2.79. The van der Waals surface area contributed by atoms with Crippen LogP contribution in [0.25, 0.3) is 0 Å². The van der Waals surface area contributed by atoms with Crippen molar-refractivity contribution in [3.63, 3.8) is 0 Å². The first-order chi connectivity index (χ1) is 9.37. The van der Waals surface area contributed by atoms with Crippen molar-refractivity contribution in [2.24, 2.45) is 0 Å². The van der Waals surface area contributed by atoms with E-state index in [2.05, 4.69) is 18.8 Å². The Morgan fingerprint density at radius 2 is 1.90 bits per heavy atom. The van der Waals surface area contributed by atoms with Gasteiger partial charge in [0.15, 0.2) is 0 Å². The van der Waals surface area contributed by atoms with E-state index in [1.165, 1.54) is 4.31 Å². The minimum absolute atomic E-state index is 0.327. The second kappa shape index (κ2) is 7.57. The first-order valence-electron chi connectivity index (χ1n) is 6.78. The van der Waals surface area contributed by atoms with Gasteiger partial charge in [0, 0.05) is 13.6 Å². The number of hydrogen-bond donors (Lipinski definition) is 1. The molecule has 0 aliphatic heterocycles.